The van der Waals surface area contributed by atoms with Gasteiger partial charge in [0.05, 0.1) is 0 Å². The lowest BCUT2D eigenvalue weighted by atomic mass is 10.2. The van der Waals surface area contributed by atoms with Crippen molar-refractivity contribution in [3.8, 4) is 0 Å². The van der Waals surface area contributed by atoms with Crippen molar-refractivity contribution in [2.24, 2.45) is 0 Å². The Hall–Kier alpha value is -1.31. The van der Waals surface area contributed by atoms with Crippen molar-refractivity contribution < 1.29 is 0 Å². The molecule has 7 heteroatoms. The maximum absolute atomic E-state index is 5.35. The van der Waals surface area contributed by atoms with Gasteiger partial charge in [0.15, 0.2) is 0 Å². The summed E-state index contributed by atoms with van der Waals surface area (Å²) in [5.74, 6) is 0.729. The van der Waals surface area contributed by atoms with E-state index in [9.17, 15) is 0 Å². The van der Waals surface area contributed by atoms with Gasteiger partial charge in [-0.3, -0.25) is 0 Å². The maximum Gasteiger partial charge on any atom is 0.0492 e. The summed E-state index contributed by atoms with van der Waals surface area (Å²) in [6.45, 7) is 3.07. The zero-order valence-electron chi connectivity index (χ0n) is 18.6. The topological polar surface area (TPSA) is 27.2 Å². The third-order valence-corrected chi connectivity index (χ3v) is 6.17. The van der Waals surface area contributed by atoms with E-state index in [0.717, 1.165) is 30.0 Å². The molecule has 0 spiro atoms. The third kappa shape index (κ3) is 8.28. The van der Waals surface area contributed by atoms with Crippen molar-refractivity contribution in [3.05, 3.63) is 69.9 Å². The molecule has 0 aliphatic carbocycles. The molecule has 4 nitrogen and oxygen atoms in total. The number of H-pyrrole nitrogens is 1. The number of rotatable bonds is 5. The molecule has 4 aromatic rings. The van der Waals surface area contributed by atoms with E-state index in [2.05, 4.69) is 103 Å². The van der Waals surface area contributed by atoms with Crippen LogP contribution in [-0.4, -0.2) is 66.5 Å². The van der Waals surface area contributed by atoms with Crippen molar-refractivity contribution in [3.63, 3.8) is 0 Å². The summed E-state index contributed by atoms with van der Waals surface area (Å²) in [5.41, 5.74) is 2.47. The SMILES string of the molecule is Brc1cccc2[nH]ccc12.CN(C)CCCl.CN(C)CCn1ccc2c(Br)cccc21. The molecule has 2 heterocycles. The van der Waals surface area contributed by atoms with E-state index in [1.165, 1.54) is 26.3 Å². The minimum atomic E-state index is 0.729. The summed E-state index contributed by atoms with van der Waals surface area (Å²) in [6, 6.07) is 16.7. The number of hydrogen-bond donors (Lipinski definition) is 1. The molecule has 0 atom stereocenters. The van der Waals surface area contributed by atoms with Crippen molar-refractivity contribution in [1.29, 1.82) is 0 Å². The average Bonchev–Trinajstić information content (AvgIpc) is 3.36. The second-order valence-electron chi connectivity index (χ2n) is 7.66. The number of halogens is 3. The van der Waals surface area contributed by atoms with E-state index in [-0.39, 0.29) is 0 Å². The Labute approximate surface area is 207 Å². The van der Waals surface area contributed by atoms with Crippen LogP contribution in [0.3, 0.4) is 0 Å². The number of aromatic amines is 1. The van der Waals surface area contributed by atoms with Crippen LogP contribution in [-0.2, 0) is 6.54 Å². The number of nitrogens with zero attached hydrogens (tertiary/aromatic N) is 3. The highest BCUT2D eigenvalue weighted by Crippen LogP contribution is 2.24. The van der Waals surface area contributed by atoms with Gasteiger partial charge in [-0.1, -0.05) is 44.0 Å². The number of hydrogen-bond acceptors (Lipinski definition) is 2. The minimum Gasteiger partial charge on any atom is -0.361 e. The van der Waals surface area contributed by atoms with Crippen LogP contribution < -0.4 is 0 Å². The van der Waals surface area contributed by atoms with Crippen LogP contribution in [0.25, 0.3) is 21.8 Å². The van der Waals surface area contributed by atoms with Crippen molar-refractivity contribution >= 4 is 65.3 Å². The fourth-order valence-electron chi connectivity index (χ4n) is 2.90. The normalized spacial score (nSPS) is 10.9. The van der Waals surface area contributed by atoms with Crippen LogP contribution >= 0.6 is 43.5 Å². The van der Waals surface area contributed by atoms with Crippen LogP contribution in [0, 0.1) is 0 Å². The van der Waals surface area contributed by atoms with Gasteiger partial charge in [0.2, 0.25) is 0 Å². The van der Waals surface area contributed by atoms with Gasteiger partial charge in [-0.2, -0.15) is 0 Å². The first-order chi connectivity index (χ1) is 14.8. The van der Waals surface area contributed by atoms with E-state index in [0.29, 0.717) is 0 Å². The van der Waals surface area contributed by atoms with Crippen LogP contribution in [0.15, 0.2) is 69.9 Å². The van der Waals surface area contributed by atoms with Crippen molar-refractivity contribution in [2.75, 3.05) is 47.2 Å². The molecule has 2 aromatic carbocycles. The van der Waals surface area contributed by atoms with E-state index >= 15 is 0 Å². The lowest BCUT2D eigenvalue weighted by Gasteiger charge is -2.11. The fourth-order valence-corrected chi connectivity index (χ4v) is 4.23. The van der Waals surface area contributed by atoms with Crippen LogP contribution in [0.4, 0.5) is 0 Å². The van der Waals surface area contributed by atoms with E-state index in [1.807, 2.05) is 37.3 Å². The monoisotopic (exact) mass is 568 g/mol. The molecule has 0 aliphatic rings. The number of likely N-dealkylation sites (N-methyl/N-ethyl adjacent to an activating group) is 1. The summed E-state index contributed by atoms with van der Waals surface area (Å²) in [4.78, 5) is 7.38. The molecular formula is C24H31Br2ClN4. The molecule has 0 fully saturated rings. The molecule has 0 aliphatic heterocycles. The third-order valence-electron chi connectivity index (χ3n) is 4.62. The average molecular weight is 571 g/mol. The highest BCUT2D eigenvalue weighted by molar-refractivity contribution is 9.11. The summed E-state index contributed by atoms with van der Waals surface area (Å²) >= 11 is 12.4. The lowest BCUT2D eigenvalue weighted by Crippen LogP contribution is -2.17. The largest absolute Gasteiger partial charge is 0.361 e. The molecule has 0 saturated heterocycles. The van der Waals surface area contributed by atoms with Gasteiger partial charge in [0, 0.05) is 68.7 Å². The molecule has 4 rings (SSSR count). The predicted octanol–water partition coefficient (Wildman–Crippen LogP) is 6.68. The van der Waals surface area contributed by atoms with Gasteiger partial charge in [-0.05, 0) is 64.6 Å². The number of nitrogens with one attached hydrogen (secondary N) is 1. The number of fused-ring (bicyclic) bond motifs is 2. The Morgan fingerprint density at radius 2 is 1.48 bits per heavy atom. The molecule has 2 aromatic heterocycles. The standard InChI is InChI=1S/C12H15BrN2.C8H6BrN.C4H10ClN/c1-14(2)8-9-15-7-6-10-11(13)4-3-5-12(10)15;9-7-2-1-3-8-6(7)4-5-10-8;1-6(2)4-3-5/h3-7H,8-9H2,1-2H3;1-5,10H;3-4H2,1-2H3. The molecule has 0 amide bonds. The molecular weight excluding hydrogens is 540 g/mol. The zero-order valence-corrected chi connectivity index (χ0v) is 22.5. The van der Waals surface area contributed by atoms with Crippen molar-refractivity contribution in [2.45, 2.75) is 6.54 Å². The maximum atomic E-state index is 5.35. The molecule has 31 heavy (non-hydrogen) atoms. The fraction of sp³-hybridized carbons (Fsp3) is 0.333. The number of benzene rings is 2. The summed E-state index contributed by atoms with van der Waals surface area (Å²) in [5, 5.41) is 2.53. The molecule has 0 saturated carbocycles. The lowest BCUT2D eigenvalue weighted by molar-refractivity contribution is 0.387. The summed E-state index contributed by atoms with van der Waals surface area (Å²) in [7, 11) is 8.20. The minimum absolute atomic E-state index is 0.729. The molecule has 1 N–H and O–H groups in total. The number of aromatic nitrogens is 2. The molecule has 0 unspecified atom stereocenters. The quantitative estimate of drug-likeness (QED) is 0.271. The van der Waals surface area contributed by atoms with Crippen molar-refractivity contribution in [1.82, 2.24) is 19.4 Å². The molecule has 0 bridgehead atoms. The highest BCUT2D eigenvalue weighted by Gasteiger charge is 2.03. The second-order valence-corrected chi connectivity index (χ2v) is 9.74. The van der Waals surface area contributed by atoms with Gasteiger partial charge >= 0.3 is 0 Å². The van der Waals surface area contributed by atoms with Crippen LogP contribution in [0.1, 0.15) is 0 Å². The Bertz CT molecular complexity index is 1060. The van der Waals surface area contributed by atoms with Gasteiger partial charge < -0.3 is 19.4 Å². The van der Waals surface area contributed by atoms with Crippen LogP contribution in [0.2, 0.25) is 0 Å². The first-order valence-electron chi connectivity index (χ1n) is 10.1. The van der Waals surface area contributed by atoms with E-state index in [4.69, 9.17) is 11.6 Å². The first-order valence-corrected chi connectivity index (χ1v) is 12.3. The van der Waals surface area contributed by atoms with Gasteiger partial charge in [-0.25, -0.2) is 0 Å². The zero-order chi connectivity index (χ0) is 22.8. The summed E-state index contributed by atoms with van der Waals surface area (Å²) in [6.07, 6.45) is 4.09. The predicted molar refractivity (Wildman–Crippen MR) is 143 cm³/mol. The van der Waals surface area contributed by atoms with Gasteiger partial charge in [-0.15, -0.1) is 11.6 Å². The van der Waals surface area contributed by atoms with E-state index < -0.39 is 0 Å². The Morgan fingerprint density at radius 1 is 0.839 bits per heavy atom. The smallest absolute Gasteiger partial charge is 0.0492 e. The van der Waals surface area contributed by atoms with Crippen LogP contribution in [0.5, 0.6) is 0 Å². The second kappa shape index (κ2) is 13.3. The first kappa shape index (κ1) is 25.9. The highest BCUT2D eigenvalue weighted by atomic mass is 79.9. The Balaban J connectivity index is 0.000000184. The molecule has 0 radical (unpaired) electrons. The molecule has 168 valence electrons. The number of alkyl halides is 1. The van der Waals surface area contributed by atoms with Gasteiger partial charge in [0.25, 0.3) is 0 Å². The Kier molecular flexibility index (Phi) is 11.1. The van der Waals surface area contributed by atoms with E-state index in [1.54, 1.807) is 0 Å². The summed E-state index contributed by atoms with van der Waals surface area (Å²) < 4.78 is 4.61. The van der Waals surface area contributed by atoms with Gasteiger partial charge in [0.1, 0.15) is 0 Å². The Morgan fingerprint density at radius 3 is 2.06 bits per heavy atom.